The number of Topliss-reactive ketones (excluding diaryl/α,β-unsaturated/α-hetero) is 1. The molecule has 0 aromatic heterocycles. The van der Waals surface area contributed by atoms with Gasteiger partial charge < -0.3 is 0 Å². The first-order chi connectivity index (χ1) is 7.81. The molecule has 0 spiro atoms. The summed E-state index contributed by atoms with van der Waals surface area (Å²) >= 11 is 2.92. The van der Waals surface area contributed by atoms with Crippen molar-refractivity contribution in [2.24, 2.45) is 0 Å². The molecule has 0 saturated carbocycles. The number of rotatable bonds is 3. The van der Waals surface area contributed by atoms with E-state index >= 15 is 0 Å². The van der Waals surface area contributed by atoms with Gasteiger partial charge in [0.25, 0.3) is 0 Å². The van der Waals surface area contributed by atoms with Crippen LogP contribution < -0.4 is 0 Å². The lowest BCUT2D eigenvalue weighted by Crippen LogP contribution is -2.13. The Morgan fingerprint density at radius 3 is 2.41 bits per heavy atom. The molecule has 0 N–H and O–H groups in total. The number of aldehydes is 1. The van der Waals surface area contributed by atoms with Crippen LogP contribution in [0.25, 0.3) is 0 Å². The number of alkyl halides is 4. The second-order valence-corrected chi connectivity index (χ2v) is 3.99. The van der Waals surface area contributed by atoms with Gasteiger partial charge in [0.05, 0.1) is 10.9 Å². The Morgan fingerprint density at radius 1 is 1.41 bits per heavy atom. The first kappa shape index (κ1) is 13.9. The molecule has 0 fully saturated rings. The van der Waals surface area contributed by atoms with Gasteiger partial charge in [0, 0.05) is 11.1 Å². The van der Waals surface area contributed by atoms with Gasteiger partial charge in [-0.3, -0.25) is 9.59 Å². The maximum absolute atomic E-state index is 12.7. The van der Waals surface area contributed by atoms with Crippen molar-refractivity contribution in [1.82, 2.24) is 0 Å². The van der Waals surface area contributed by atoms with Gasteiger partial charge >= 0.3 is 6.18 Å². The number of ketones is 1. The molecule has 0 saturated heterocycles. The van der Waals surface area contributed by atoms with Crippen LogP contribution in [0.15, 0.2) is 12.1 Å². The predicted octanol–water partition coefficient (Wildman–Crippen LogP) is 3.40. The highest BCUT2D eigenvalue weighted by molar-refractivity contribution is 9.09. The molecule has 0 bridgehead atoms. The number of hydrogen-bond donors (Lipinski definition) is 0. The summed E-state index contributed by atoms with van der Waals surface area (Å²) in [5.74, 6) is -0.370. The minimum Gasteiger partial charge on any atom is -0.298 e. The van der Waals surface area contributed by atoms with E-state index in [0.29, 0.717) is 0 Å². The summed E-state index contributed by atoms with van der Waals surface area (Å²) in [5, 5.41) is -0.00387. The number of carbonyl (C=O) groups is 2. The molecule has 0 aliphatic rings. The van der Waals surface area contributed by atoms with Crippen molar-refractivity contribution in [2.45, 2.75) is 13.1 Å². The molecule has 0 radical (unpaired) electrons. The van der Waals surface area contributed by atoms with Crippen molar-refractivity contribution in [3.05, 3.63) is 34.4 Å². The van der Waals surface area contributed by atoms with Gasteiger partial charge in [-0.05, 0) is 24.6 Å². The summed E-state index contributed by atoms with van der Waals surface area (Å²) in [7, 11) is 0. The molecule has 1 rings (SSSR count). The third kappa shape index (κ3) is 2.94. The van der Waals surface area contributed by atoms with E-state index < -0.39 is 17.3 Å². The van der Waals surface area contributed by atoms with Gasteiger partial charge in [0.1, 0.15) is 0 Å². The Labute approximate surface area is 104 Å². The van der Waals surface area contributed by atoms with E-state index in [2.05, 4.69) is 15.9 Å². The summed E-state index contributed by atoms with van der Waals surface area (Å²) in [6, 6.07) is 2.10. The van der Waals surface area contributed by atoms with E-state index in [0.717, 1.165) is 12.1 Å². The van der Waals surface area contributed by atoms with E-state index in [4.69, 9.17) is 0 Å². The van der Waals surface area contributed by atoms with Gasteiger partial charge in [0.15, 0.2) is 12.1 Å². The second kappa shape index (κ2) is 5.00. The average Bonchev–Trinajstić information content (AvgIpc) is 2.24. The van der Waals surface area contributed by atoms with Gasteiger partial charge in [0.2, 0.25) is 0 Å². The fraction of sp³-hybridized carbons (Fsp3) is 0.273. The molecule has 0 amide bonds. The molecule has 2 nitrogen and oxygen atoms in total. The lowest BCUT2D eigenvalue weighted by Gasteiger charge is -2.13. The number of hydrogen-bond acceptors (Lipinski definition) is 2. The first-order valence-electron chi connectivity index (χ1n) is 4.57. The molecule has 0 heterocycles. The number of halogens is 4. The number of benzene rings is 1. The molecule has 1 aromatic rings. The van der Waals surface area contributed by atoms with Crippen LogP contribution in [-0.4, -0.2) is 17.4 Å². The molecule has 17 heavy (non-hydrogen) atoms. The van der Waals surface area contributed by atoms with Gasteiger partial charge in [-0.1, -0.05) is 15.9 Å². The minimum atomic E-state index is -4.60. The van der Waals surface area contributed by atoms with Crippen LogP contribution in [-0.2, 0) is 6.18 Å². The van der Waals surface area contributed by atoms with Crippen molar-refractivity contribution < 1.29 is 22.8 Å². The zero-order valence-electron chi connectivity index (χ0n) is 8.77. The molecule has 6 heteroatoms. The SMILES string of the molecule is Cc1cc(C(=O)CBr)cc(C=O)c1C(F)(F)F. The summed E-state index contributed by atoms with van der Waals surface area (Å²) in [5.41, 5.74) is -1.54. The molecule has 0 unspecified atom stereocenters. The molecule has 0 aliphatic carbocycles. The maximum atomic E-state index is 12.7. The Hall–Kier alpha value is -1.17. The topological polar surface area (TPSA) is 34.1 Å². The molecule has 92 valence electrons. The largest absolute Gasteiger partial charge is 0.417 e. The Bertz CT molecular complexity index is 467. The van der Waals surface area contributed by atoms with Crippen LogP contribution in [0.4, 0.5) is 13.2 Å². The standard InChI is InChI=1S/C11H8BrF3O2/c1-6-2-7(9(17)4-12)3-8(5-16)10(6)11(13,14)15/h2-3,5H,4H2,1H3. The summed E-state index contributed by atoms with van der Waals surface area (Å²) in [6.45, 7) is 1.22. The van der Waals surface area contributed by atoms with E-state index in [1.165, 1.54) is 6.92 Å². The third-order valence-electron chi connectivity index (χ3n) is 2.22. The second-order valence-electron chi connectivity index (χ2n) is 3.43. The Kier molecular flexibility index (Phi) is 4.08. The fourth-order valence-electron chi connectivity index (χ4n) is 1.53. The van der Waals surface area contributed by atoms with Crippen molar-refractivity contribution in [3.8, 4) is 0 Å². The van der Waals surface area contributed by atoms with Crippen molar-refractivity contribution >= 4 is 28.0 Å². The average molecular weight is 309 g/mol. The Morgan fingerprint density at radius 2 is 2.00 bits per heavy atom. The molecular weight excluding hydrogens is 301 g/mol. The van der Waals surface area contributed by atoms with E-state index in [-0.39, 0.29) is 28.5 Å². The lowest BCUT2D eigenvalue weighted by molar-refractivity contribution is -0.138. The van der Waals surface area contributed by atoms with Crippen molar-refractivity contribution in [3.63, 3.8) is 0 Å². The summed E-state index contributed by atoms with van der Waals surface area (Å²) in [6.07, 6.45) is -4.49. The Balaban J connectivity index is 3.47. The van der Waals surface area contributed by atoms with Crippen molar-refractivity contribution in [2.75, 3.05) is 5.33 Å². The van der Waals surface area contributed by atoms with Gasteiger partial charge in [-0.2, -0.15) is 13.2 Å². The monoisotopic (exact) mass is 308 g/mol. The summed E-state index contributed by atoms with van der Waals surface area (Å²) < 4.78 is 38.0. The van der Waals surface area contributed by atoms with Crippen LogP contribution in [0.3, 0.4) is 0 Å². The van der Waals surface area contributed by atoms with Gasteiger partial charge in [-0.25, -0.2) is 0 Å². The van der Waals surface area contributed by atoms with E-state index in [1.54, 1.807) is 0 Å². The molecular formula is C11H8BrF3O2. The predicted molar refractivity (Wildman–Crippen MR) is 59.7 cm³/mol. The van der Waals surface area contributed by atoms with Crippen LogP contribution in [0.2, 0.25) is 0 Å². The number of aryl methyl sites for hydroxylation is 1. The smallest absolute Gasteiger partial charge is 0.298 e. The van der Waals surface area contributed by atoms with Crippen LogP contribution >= 0.6 is 15.9 Å². The van der Waals surface area contributed by atoms with Gasteiger partial charge in [-0.15, -0.1) is 0 Å². The van der Waals surface area contributed by atoms with Crippen LogP contribution in [0.1, 0.15) is 31.8 Å². The molecule has 0 aliphatic heterocycles. The highest BCUT2D eigenvalue weighted by atomic mass is 79.9. The van der Waals surface area contributed by atoms with E-state index in [9.17, 15) is 22.8 Å². The first-order valence-corrected chi connectivity index (χ1v) is 5.69. The minimum absolute atomic E-state index is 0.00387. The van der Waals surface area contributed by atoms with Crippen LogP contribution in [0.5, 0.6) is 0 Å². The molecule has 1 aromatic carbocycles. The quantitative estimate of drug-likeness (QED) is 0.487. The third-order valence-corrected chi connectivity index (χ3v) is 2.73. The highest BCUT2D eigenvalue weighted by Crippen LogP contribution is 2.34. The van der Waals surface area contributed by atoms with E-state index in [1.807, 2.05) is 0 Å². The number of carbonyl (C=O) groups excluding carboxylic acids is 2. The van der Waals surface area contributed by atoms with Crippen LogP contribution in [0, 0.1) is 6.92 Å². The zero-order chi connectivity index (χ0) is 13.2. The maximum Gasteiger partial charge on any atom is 0.417 e. The lowest BCUT2D eigenvalue weighted by atomic mass is 9.97. The van der Waals surface area contributed by atoms with Crippen molar-refractivity contribution in [1.29, 1.82) is 0 Å². The summed E-state index contributed by atoms with van der Waals surface area (Å²) in [4.78, 5) is 22.0. The zero-order valence-corrected chi connectivity index (χ0v) is 10.4. The highest BCUT2D eigenvalue weighted by Gasteiger charge is 2.35. The molecule has 0 atom stereocenters. The fourth-order valence-corrected chi connectivity index (χ4v) is 1.86. The normalized spacial score (nSPS) is 11.4.